The van der Waals surface area contributed by atoms with Gasteiger partial charge in [0.2, 0.25) is 0 Å². The third kappa shape index (κ3) is 3.07. The van der Waals surface area contributed by atoms with Gasteiger partial charge in [0.1, 0.15) is 0 Å². The summed E-state index contributed by atoms with van der Waals surface area (Å²) < 4.78 is 13.4. The van der Waals surface area contributed by atoms with Crippen molar-refractivity contribution in [1.29, 1.82) is 0 Å². The highest BCUT2D eigenvalue weighted by molar-refractivity contribution is 5.16. The van der Waals surface area contributed by atoms with Crippen molar-refractivity contribution in [3.05, 3.63) is 17.7 Å². The van der Waals surface area contributed by atoms with E-state index >= 15 is 0 Å². The maximum absolute atomic E-state index is 5.58. The summed E-state index contributed by atoms with van der Waals surface area (Å²) in [7, 11) is 0. The average Bonchev–Trinajstić information content (AvgIpc) is 2.74. The lowest BCUT2D eigenvalue weighted by molar-refractivity contribution is -0.143. The number of nitrogens with zero attached hydrogens (tertiary/aromatic N) is 2. The van der Waals surface area contributed by atoms with E-state index in [0.717, 1.165) is 19.4 Å². The molecule has 0 fully saturated rings. The van der Waals surface area contributed by atoms with E-state index in [0.29, 0.717) is 13.2 Å². The number of aromatic nitrogens is 2. The summed E-state index contributed by atoms with van der Waals surface area (Å²) in [6.07, 6.45) is 6.58. The van der Waals surface area contributed by atoms with E-state index in [1.54, 1.807) is 0 Å². The van der Waals surface area contributed by atoms with Gasteiger partial charge in [0, 0.05) is 18.9 Å². The van der Waals surface area contributed by atoms with Crippen LogP contribution in [0.5, 0.6) is 0 Å². The van der Waals surface area contributed by atoms with E-state index in [2.05, 4.69) is 9.55 Å². The minimum atomic E-state index is -0.148. The molecule has 2 rings (SSSR count). The Hall–Kier alpha value is -0.870. The molecule has 1 heterocycles. The monoisotopic (exact) mass is 238 g/mol. The van der Waals surface area contributed by atoms with Crippen LogP contribution < -0.4 is 0 Å². The maximum atomic E-state index is 5.58. The highest BCUT2D eigenvalue weighted by Crippen LogP contribution is 2.20. The third-order valence-corrected chi connectivity index (χ3v) is 3.16. The predicted molar refractivity (Wildman–Crippen MR) is 65.9 cm³/mol. The highest BCUT2D eigenvalue weighted by Gasteiger charge is 2.17. The van der Waals surface area contributed by atoms with Crippen LogP contribution in [0.15, 0.2) is 6.33 Å². The number of aryl methyl sites for hydroxylation is 1. The number of hydrogen-bond acceptors (Lipinski definition) is 3. The van der Waals surface area contributed by atoms with E-state index in [-0.39, 0.29) is 6.29 Å². The van der Waals surface area contributed by atoms with Crippen molar-refractivity contribution in [3.8, 4) is 0 Å². The van der Waals surface area contributed by atoms with Crippen molar-refractivity contribution in [3.63, 3.8) is 0 Å². The van der Waals surface area contributed by atoms with Gasteiger partial charge in [0.25, 0.3) is 0 Å². The van der Waals surface area contributed by atoms with Crippen LogP contribution in [0.2, 0.25) is 0 Å². The van der Waals surface area contributed by atoms with Gasteiger partial charge >= 0.3 is 0 Å². The summed E-state index contributed by atoms with van der Waals surface area (Å²) in [5.41, 5.74) is 2.64. The standard InChI is InChI=1S/C13H22N2O2/c1-3-16-13(17-4-2)9-15-10-14-11-7-5-6-8-12(11)15/h10,13H,3-9H2,1-2H3. The number of rotatable bonds is 6. The Bertz CT molecular complexity index is 343. The summed E-state index contributed by atoms with van der Waals surface area (Å²) in [4.78, 5) is 4.48. The fourth-order valence-corrected chi connectivity index (χ4v) is 2.37. The zero-order chi connectivity index (χ0) is 12.1. The molecule has 0 unspecified atom stereocenters. The van der Waals surface area contributed by atoms with Crippen LogP contribution in [0.1, 0.15) is 38.1 Å². The molecule has 0 amide bonds. The molecule has 96 valence electrons. The summed E-state index contributed by atoms with van der Waals surface area (Å²) in [6, 6.07) is 0. The largest absolute Gasteiger partial charge is 0.351 e. The molecule has 0 atom stereocenters. The molecule has 1 aliphatic rings. The number of hydrogen-bond donors (Lipinski definition) is 0. The van der Waals surface area contributed by atoms with Gasteiger partial charge < -0.3 is 14.0 Å². The summed E-state index contributed by atoms with van der Waals surface area (Å²) >= 11 is 0. The smallest absolute Gasteiger partial charge is 0.175 e. The number of imidazole rings is 1. The van der Waals surface area contributed by atoms with Crippen molar-refractivity contribution in [1.82, 2.24) is 9.55 Å². The summed E-state index contributed by atoms with van der Waals surface area (Å²) in [6.45, 7) is 6.11. The Balaban J connectivity index is 2.03. The van der Waals surface area contributed by atoms with Gasteiger partial charge in [0.05, 0.1) is 18.6 Å². The first kappa shape index (κ1) is 12.6. The van der Waals surface area contributed by atoms with Gasteiger partial charge in [-0.3, -0.25) is 0 Å². The van der Waals surface area contributed by atoms with Crippen molar-refractivity contribution >= 4 is 0 Å². The van der Waals surface area contributed by atoms with Crippen LogP contribution in [0.4, 0.5) is 0 Å². The molecule has 0 saturated carbocycles. The Morgan fingerprint density at radius 2 is 1.94 bits per heavy atom. The minimum Gasteiger partial charge on any atom is -0.351 e. The van der Waals surface area contributed by atoms with Gasteiger partial charge in [-0.05, 0) is 39.5 Å². The molecule has 4 nitrogen and oxygen atoms in total. The summed E-state index contributed by atoms with van der Waals surface area (Å²) in [5.74, 6) is 0. The van der Waals surface area contributed by atoms with Crippen LogP contribution in [0.25, 0.3) is 0 Å². The van der Waals surface area contributed by atoms with Crippen molar-refractivity contribution < 1.29 is 9.47 Å². The zero-order valence-corrected chi connectivity index (χ0v) is 10.8. The average molecular weight is 238 g/mol. The molecule has 4 heteroatoms. The predicted octanol–water partition coefficient (Wildman–Crippen LogP) is 2.16. The second-order valence-electron chi connectivity index (χ2n) is 4.34. The van der Waals surface area contributed by atoms with Gasteiger partial charge in [-0.2, -0.15) is 0 Å². The molecular weight excluding hydrogens is 216 g/mol. The molecule has 17 heavy (non-hydrogen) atoms. The van der Waals surface area contributed by atoms with E-state index in [1.165, 1.54) is 24.2 Å². The Kier molecular flexibility index (Phi) is 4.57. The molecule has 1 aromatic rings. The van der Waals surface area contributed by atoms with Gasteiger partial charge in [0.15, 0.2) is 6.29 Å². The first-order valence-electron chi connectivity index (χ1n) is 6.61. The number of ether oxygens (including phenoxy) is 2. The Morgan fingerprint density at radius 3 is 2.65 bits per heavy atom. The molecule has 0 saturated heterocycles. The molecular formula is C13H22N2O2. The maximum Gasteiger partial charge on any atom is 0.175 e. The van der Waals surface area contributed by atoms with Gasteiger partial charge in [-0.1, -0.05) is 0 Å². The van der Waals surface area contributed by atoms with Crippen molar-refractivity contribution in [2.75, 3.05) is 13.2 Å². The minimum absolute atomic E-state index is 0.148. The molecule has 0 N–H and O–H groups in total. The first-order valence-corrected chi connectivity index (χ1v) is 6.61. The Labute approximate surface area is 103 Å². The van der Waals surface area contributed by atoms with Crippen LogP contribution in [-0.4, -0.2) is 29.1 Å². The van der Waals surface area contributed by atoms with E-state index in [1.807, 2.05) is 20.2 Å². The second-order valence-corrected chi connectivity index (χ2v) is 4.34. The Morgan fingerprint density at radius 1 is 1.24 bits per heavy atom. The van der Waals surface area contributed by atoms with E-state index in [9.17, 15) is 0 Å². The quantitative estimate of drug-likeness (QED) is 0.713. The van der Waals surface area contributed by atoms with Crippen molar-refractivity contribution in [2.24, 2.45) is 0 Å². The third-order valence-electron chi connectivity index (χ3n) is 3.16. The van der Waals surface area contributed by atoms with E-state index < -0.39 is 0 Å². The number of fused-ring (bicyclic) bond motifs is 1. The van der Waals surface area contributed by atoms with E-state index in [4.69, 9.17) is 9.47 Å². The van der Waals surface area contributed by atoms with Gasteiger partial charge in [-0.15, -0.1) is 0 Å². The van der Waals surface area contributed by atoms with Crippen LogP contribution >= 0.6 is 0 Å². The molecule has 1 aliphatic carbocycles. The fraction of sp³-hybridized carbons (Fsp3) is 0.769. The summed E-state index contributed by atoms with van der Waals surface area (Å²) in [5, 5.41) is 0. The normalized spacial score (nSPS) is 15.2. The lowest BCUT2D eigenvalue weighted by Gasteiger charge is -2.20. The lowest BCUT2D eigenvalue weighted by Crippen LogP contribution is -2.24. The topological polar surface area (TPSA) is 36.3 Å². The molecule has 0 aliphatic heterocycles. The fourth-order valence-electron chi connectivity index (χ4n) is 2.37. The lowest BCUT2D eigenvalue weighted by atomic mass is 10.0. The van der Waals surface area contributed by atoms with Crippen molar-refractivity contribution in [2.45, 2.75) is 52.4 Å². The molecule has 0 aromatic carbocycles. The van der Waals surface area contributed by atoms with Crippen LogP contribution in [0.3, 0.4) is 0 Å². The molecule has 0 bridgehead atoms. The zero-order valence-electron chi connectivity index (χ0n) is 10.8. The highest BCUT2D eigenvalue weighted by atomic mass is 16.7. The molecule has 0 radical (unpaired) electrons. The molecule has 1 aromatic heterocycles. The van der Waals surface area contributed by atoms with Crippen LogP contribution in [0, 0.1) is 0 Å². The van der Waals surface area contributed by atoms with Gasteiger partial charge in [-0.25, -0.2) is 4.98 Å². The molecule has 0 spiro atoms. The second kappa shape index (κ2) is 6.17. The first-order chi connectivity index (χ1) is 8.35. The SMILES string of the molecule is CCOC(Cn1cnc2c1CCCC2)OCC. The van der Waals surface area contributed by atoms with Crippen LogP contribution in [-0.2, 0) is 28.9 Å².